The number of aromatic nitrogens is 7. The zero-order valence-corrected chi connectivity index (χ0v) is 22.5. The zero-order chi connectivity index (χ0) is 27.0. The van der Waals surface area contributed by atoms with E-state index in [1.54, 1.807) is 30.9 Å². The van der Waals surface area contributed by atoms with E-state index in [2.05, 4.69) is 35.2 Å². The molecule has 1 atom stereocenters. The third kappa shape index (κ3) is 5.45. The van der Waals surface area contributed by atoms with Crippen LogP contribution >= 0.6 is 0 Å². The van der Waals surface area contributed by atoms with Crippen LogP contribution in [-0.4, -0.2) is 50.1 Å². The predicted octanol–water partition coefficient (Wildman–Crippen LogP) is 3.71. The van der Waals surface area contributed by atoms with Crippen molar-refractivity contribution in [2.24, 2.45) is 0 Å². The lowest BCUT2D eigenvalue weighted by molar-refractivity contribution is 0.186. The van der Waals surface area contributed by atoms with E-state index in [1.807, 2.05) is 13.8 Å². The fourth-order valence-electron chi connectivity index (χ4n) is 4.22. The monoisotopic (exact) mass is 536 g/mol. The number of hydrogen-bond donors (Lipinski definition) is 1. The van der Waals surface area contributed by atoms with Gasteiger partial charge in [0.25, 0.3) is 5.56 Å². The van der Waals surface area contributed by atoms with Gasteiger partial charge in [-0.15, -0.1) is 0 Å². The molecule has 1 aliphatic carbocycles. The van der Waals surface area contributed by atoms with Crippen molar-refractivity contribution < 1.29 is 8.60 Å². The summed E-state index contributed by atoms with van der Waals surface area (Å²) in [5.74, 6) is 1.28. The molecule has 4 aromatic rings. The Kier molecular flexibility index (Phi) is 6.99. The van der Waals surface area contributed by atoms with E-state index in [9.17, 15) is 13.4 Å². The van der Waals surface area contributed by atoms with Crippen LogP contribution in [0.3, 0.4) is 0 Å². The van der Waals surface area contributed by atoms with Crippen LogP contribution < -0.4 is 10.9 Å². The van der Waals surface area contributed by atoms with Gasteiger partial charge < -0.3 is 5.32 Å². The maximum Gasteiger partial charge on any atom is 0.295 e. The first-order valence-electron chi connectivity index (χ1n) is 12.5. The largest absolute Gasteiger partial charge is 0.360 e. The average molecular weight is 537 g/mol. The van der Waals surface area contributed by atoms with Gasteiger partial charge in [-0.25, -0.2) is 29.3 Å². The first-order chi connectivity index (χ1) is 18.1. The zero-order valence-electron chi connectivity index (χ0n) is 21.7. The molecule has 1 N–H and O–H groups in total. The minimum atomic E-state index is -1.68. The highest BCUT2D eigenvalue weighted by molar-refractivity contribution is 7.85. The second kappa shape index (κ2) is 10.2. The van der Waals surface area contributed by atoms with Crippen molar-refractivity contribution in [3.63, 3.8) is 0 Å². The van der Waals surface area contributed by atoms with Crippen LogP contribution in [0.4, 0.5) is 10.2 Å². The summed E-state index contributed by atoms with van der Waals surface area (Å²) in [7, 11) is -1.10. The van der Waals surface area contributed by atoms with Crippen molar-refractivity contribution in [1.29, 1.82) is 0 Å². The van der Waals surface area contributed by atoms with E-state index >= 15 is 0 Å². The number of nitrogens with one attached hydrogen (secondary N) is 1. The Labute approximate surface area is 221 Å². The van der Waals surface area contributed by atoms with E-state index in [-0.39, 0.29) is 24.6 Å². The normalized spacial score (nSPS) is 14.6. The van der Waals surface area contributed by atoms with Crippen LogP contribution in [0.5, 0.6) is 0 Å². The standard InChI is InChI=1S/C26H29FN8O2S/c1-5-38(37)18-9-8-17(28-11-18)10-29-23-25(36)35(13-26(3,4)27)24-19(33-23)12-30-22(34-24)20-15(2)31-14-32-21(20)16-6-7-16/h8-9,11-12,14,16H,5-7,10,13H2,1-4H3,(H,29,33). The van der Waals surface area contributed by atoms with Crippen molar-refractivity contribution >= 4 is 27.8 Å². The fourth-order valence-corrected chi connectivity index (χ4v) is 4.94. The summed E-state index contributed by atoms with van der Waals surface area (Å²) in [6, 6.07) is 3.50. The smallest absolute Gasteiger partial charge is 0.295 e. The van der Waals surface area contributed by atoms with Crippen molar-refractivity contribution in [2.45, 2.75) is 70.1 Å². The van der Waals surface area contributed by atoms with Crippen LogP contribution in [-0.2, 0) is 23.9 Å². The van der Waals surface area contributed by atoms with E-state index in [0.29, 0.717) is 33.6 Å². The Morgan fingerprint density at radius 2 is 1.92 bits per heavy atom. The molecule has 198 valence electrons. The Bertz CT molecular complexity index is 1580. The Hall–Kier alpha value is -3.67. The Morgan fingerprint density at radius 1 is 1.13 bits per heavy atom. The molecule has 1 saturated carbocycles. The van der Waals surface area contributed by atoms with Crippen LogP contribution in [0.25, 0.3) is 22.6 Å². The third-order valence-electron chi connectivity index (χ3n) is 6.23. The maximum absolute atomic E-state index is 14.9. The molecular weight excluding hydrogens is 507 g/mol. The van der Waals surface area contributed by atoms with Gasteiger partial charge in [-0.1, -0.05) is 6.92 Å². The lowest BCUT2D eigenvalue weighted by Crippen LogP contribution is -2.33. The molecule has 0 spiro atoms. The molecule has 0 bridgehead atoms. The number of pyridine rings is 1. The third-order valence-corrected chi connectivity index (χ3v) is 7.52. The molecule has 0 aromatic carbocycles. The molecule has 5 rings (SSSR count). The van der Waals surface area contributed by atoms with Crippen LogP contribution in [0.2, 0.25) is 0 Å². The molecule has 12 heteroatoms. The summed E-state index contributed by atoms with van der Waals surface area (Å²) in [6.45, 7) is 6.52. The van der Waals surface area contributed by atoms with Crippen LogP contribution in [0.1, 0.15) is 56.6 Å². The lowest BCUT2D eigenvalue weighted by Gasteiger charge is -2.19. The quantitative estimate of drug-likeness (QED) is 0.340. The lowest BCUT2D eigenvalue weighted by atomic mass is 10.1. The van der Waals surface area contributed by atoms with Crippen molar-refractivity contribution in [3.8, 4) is 11.4 Å². The molecule has 0 saturated heterocycles. The van der Waals surface area contributed by atoms with Gasteiger partial charge in [0.15, 0.2) is 17.3 Å². The van der Waals surface area contributed by atoms with Crippen molar-refractivity contribution in [1.82, 2.24) is 34.5 Å². The van der Waals surface area contributed by atoms with Gasteiger partial charge in [0.2, 0.25) is 0 Å². The molecule has 0 radical (unpaired) electrons. The minimum Gasteiger partial charge on any atom is -0.360 e. The van der Waals surface area contributed by atoms with Gasteiger partial charge in [0.1, 0.15) is 17.5 Å². The van der Waals surface area contributed by atoms with Crippen molar-refractivity contribution in [3.05, 3.63) is 58.3 Å². The SMILES string of the molecule is CCS(=O)c1ccc(CNc2nc3cnc(-c4c(C)ncnc4C4CC4)nc3n(CC(C)(C)F)c2=O)nc1. The number of halogens is 1. The van der Waals surface area contributed by atoms with Gasteiger partial charge in [-0.3, -0.25) is 18.6 Å². The first-order valence-corrected chi connectivity index (χ1v) is 13.8. The van der Waals surface area contributed by atoms with E-state index in [4.69, 9.17) is 0 Å². The summed E-state index contributed by atoms with van der Waals surface area (Å²) in [4.78, 5) is 41.0. The molecule has 0 amide bonds. The van der Waals surface area contributed by atoms with E-state index in [1.165, 1.54) is 18.4 Å². The highest BCUT2D eigenvalue weighted by Gasteiger charge is 2.30. The molecular formula is C26H29FN8O2S. The second-order valence-electron chi connectivity index (χ2n) is 9.94. The Balaban J connectivity index is 1.54. The van der Waals surface area contributed by atoms with Crippen LogP contribution in [0.15, 0.2) is 40.5 Å². The Morgan fingerprint density at radius 3 is 2.58 bits per heavy atom. The van der Waals surface area contributed by atoms with Gasteiger partial charge >= 0.3 is 0 Å². The highest BCUT2D eigenvalue weighted by atomic mass is 32.2. The first kappa shape index (κ1) is 26.0. The molecule has 0 aliphatic heterocycles. The van der Waals surface area contributed by atoms with E-state index < -0.39 is 22.0 Å². The molecule has 4 heterocycles. The number of rotatable bonds is 9. The summed E-state index contributed by atoms with van der Waals surface area (Å²) < 4.78 is 28.1. The summed E-state index contributed by atoms with van der Waals surface area (Å²) in [6.07, 6.45) is 6.74. The van der Waals surface area contributed by atoms with E-state index in [0.717, 1.165) is 29.8 Å². The van der Waals surface area contributed by atoms with Gasteiger partial charge in [-0.05, 0) is 45.7 Å². The molecule has 4 aromatic heterocycles. The number of hydrogen-bond acceptors (Lipinski definition) is 9. The van der Waals surface area contributed by atoms with Crippen molar-refractivity contribution in [2.75, 3.05) is 11.1 Å². The molecule has 38 heavy (non-hydrogen) atoms. The number of aryl methyl sites for hydroxylation is 1. The second-order valence-corrected chi connectivity index (χ2v) is 11.7. The van der Waals surface area contributed by atoms with Gasteiger partial charge in [0.05, 0.1) is 57.6 Å². The highest BCUT2D eigenvalue weighted by Crippen LogP contribution is 2.43. The average Bonchev–Trinajstić information content (AvgIpc) is 3.74. The number of fused-ring (bicyclic) bond motifs is 1. The van der Waals surface area contributed by atoms with Crippen LogP contribution in [0, 0.1) is 6.92 Å². The molecule has 1 fully saturated rings. The number of alkyl halides is 1. The van der Waals surface area contributed by atoms with Gasteiger partial charge in [-0.2, -0.15) is 0 Å². The fraction of sp³-hybridized carbons (Fsp3) is 0.423. The molecule has 10 nitrogen and oxygen atoms in total. The minimum absolute atomic E-state index is 0.0407. The maximum atomic E-state index is 14.9. The summed E-state index contributed by atoms with van der Waals surface area (Å²) in [5, 5.41) is 3.02. The topological polar surface area (TPSA) is 128 Å². The molecule has 1 unspecified atom stereocenters. The predicted molar refractivity (Wildman–Crippen MR) is 143 cm³/mol. The van der Waals surface area contributed by atoms with Gasteiger partial charge in [0, 0.05) is 17.9 Å². The summed E-state index contributed by atoms with van der Waals surface area (Å²) in [5.41, 5.74) is 1.43. The number of nitrogens with zero attached hydrogens (tertiary/aromatic N) is 7. The summed E-state index contributed by atoms with van der Waals surface area (Å²) >= 11 is 0. The number of anilines is 1. The molecule has 1 aliphatic rings.